The van der Waals surface area contributed by atoms with Gasteiger partial charge in [0.05, 0.1) is 12.8 Å². The average molecular weight is 385 g/mol. The number of benzene rings is 1. The molecule has 0 bridgehead atoms. The lowest BCUT2D eigenvalue weighted by Crippen LogP contribution is -2.58. The highest BCUT2D eigenvalue weighted by Crippen LogP contribution is 2.44. The number of guanidine groups is 2. The number of hydrogen-bond donors (Lipinski definition) is 2. The number of methoxy groups -OCH3 is 1. The first-order chi connectivity index (χ1) is 13.6. The molecule has 0 amide bonds. The van der Waals surface area contributed by atoms with Crippen LogP contribution in [0.15, 0.2) is 28.2 Å². The molecule has 1 aliphatic carbocycles. The Labute approximate surface area is 167 Å². The number of aliphatic imine (C=N–C) groups is 2. The fourth-order valence-corrected chi connectivity index (χ4v) is 4.92. The van der Waals surface area contributed by atoms with E-state index in [1.165, 1.54) is 37.9 Å². The van der Waals surface area contributed by atoms with Crippen molar-refractivity contribution in [2.75, 3.05) is 31.6 Å². The van der Waals surface area contributed by atoms with Gasteiger partial charge in [-0.05, 0) is 69.7 Å². The van der Waals surface area contributed by atoms with Gasteiger partial charge in [0, 0.05) is 6.54 Å². The van der Waals surface area contributed by atoms with Crippen LogP contribution in [0.4, 0.5) is 5.69 Å². The van der Waals surface area contributed by atoms with Gasteiger partial charge in [-0.25, -0.2) is 4.99 Å². The van der Waals surface area contributed by atoms with Crippen molar-refractivity contribution in [2.24, 2.45) is 21.5 Å². The van der Waals surface area contributed by atoms with Crippen LogP contribution in [0, 0.1) is 0 Å². The molecule has 1 saturated carbocycles. The summed E-state index contributed by atoms with van der Waals surface area (Å²) < 4.78 is 5.77. The Bertz CT molecular complexity index is 762. The van der Waals surface area contributed by atoms with E-state index in [0.717, 1.165) is 50.1 Å². The van der Waals surface area contributed by atoms with Crippen LogP contribution in [0.25, 0.3) is 0 Å². The van der Waals surface area contributed by atoms with Crippen LogP contribution in [0.3, 0.4) is 0 Å². The minimum absolute atomic E-state index is 0.282. The minimum atomic E-state index is -0.453. The largest absolute Gasteiger partial charge is 0.495 e. The van der Waals surface area contributed by atoms with Crippen molar-refractivity contribution in [3.05, 3.63) is 23.8 Å². The maximum Gasteiger partial charge on any atom is 0.220 e. The molecule has 0 aromatic heterocycles. The lowest BCUT2D eigenvalue weighted by molar-refractivity contribution is 0.302. The molecule has 152 valence electrons. The molecule has 7 nitrogen and oxygen atoms in total. The molecule has 3 aliphatic rings. The Morgan fingerprint density at radius 3 is 2.54 bits per heavy atom. The van der Waals surface area contributed by atoms with Gasteiger partial charge in [-0.3, -0.25) is 4.90 Å². The second-order valence-electron chi connectivity index (χ2n) is 8.09. The second-order valence-corrected chi connectivity index (χ2v) is 8.09. The standard InChI is InChI=1S/C21H32N6O/c1-28-17-9-7-8-16(10-15-26-13-5-6-14-26)18(17)27-20(23)24-19(22)25-21(27)11-3-2-4-12-21/h7-9H,2-6,10-15H2,1H3,(H4,22,23,24,25). The number of hydrogen-bond acceptors (Lipinski definition) is 7. The quantitative estimate of drug-likeness (QED) is 0.813. The van der Waals surface area contributed by atoms with Crippen LogP contribution in [-0.4, -0.2) is 49.2 Å². The molecule has 1 aromatic rings. The van der Waals surface area contributed by atoms with Gasteiger partial charge < -0.3 is 21.1 Å². The number of rotatable bonds is 5. The van der Waals surface area contributed by atoms with Crippen molar-refractivity contribution in [3.63, 3.8) is 0 Å². The van der Waals surface area contributed by atoms with Gasteiger partial charge in [-0.2, -0.15) is 4.99 Å². The topological polar surface area (TPSA) is 92.5 Å². The van der Waals surface area contributed by atoms with Gasteiger partial charge in [-0.15, -0.1) is 0 Å². The fraction of sp³-hybridized carbons (Fsp3) is 0.619. The van der Waals surface area contributed by atoms with Gasteiger partial charge in [0.15, 0.2) is 0 Å². The van der Waals surface area contributed by atoms with Crippen molar-refractivity contribution in [1.29, 1.82) is 0 Å². The first kappa shape index (κ1) is 19.1. The summed E-state index contributed by atoms with van der Waals surface area (Å²) >= 11 is 0. The summed E-state index contributed by atoms with van der Waals surface area (Å²) in [4.78, 5) is 13.8. The number of anilines is 1. The zero-order valence-electron chi connectivity index (χ0n) is 16.9. The molecule has 4 rings (SSSR count). The molecule has 0 atom stereocenters. The number of ether oxygens (including phenoxy) is 1. The highest BCUT2D eigenvalue weighted by Gasteiger charge is 2.44. The third-order valence-corrected chi connectivity index (χ3v) is 6.27. The smallest absolute Gasteiger partial charge is 0.220 e. The van der Waals surface area contributed by atoms with E-state index >= 15 is 0 Å². The second kappa shape index (κ2) is 7.99. The molecule has 1 aromatic carbocycles. The summed E-state index contributed by atoms with van der Waals surface area (Å²) in [7, 11) is 1.71. The van der Waals surface area contributed by atoms with E-state index in [1.54, 1.807) is 7.11 Å². The minimum Gasteiger partial charge on any atom is -0.495 e. The predicted molar refractivity (Wildman–Crippen MR) is 114 cm³/mol. The zero-order chi connectivity index (χ0) is 19.6. The van der Waals surface area contributed by atoms with Crippen molar-refractivity contribution in [2.45, 2.75) is 57.0 Å². The Morgan fingerprint density at radius 1 is 1.07 bits per heavy atom. The predicted octanol–water partition coefficient (Wildman–Crippen LogP) is 2.44. The highest BCUT2D eigenvalue weighted by atomic mass is 16.5. The Balaban J connectivity index is 1.73. The first-order valence-electron chi connectivity index (χ1n) is 10.5. The number of likely N-dealkylation sites (tertiary alicyclic amines) is 1. The van der Waals surface area contributed by atoms with E-state index in [9.17, 15) is 0 Å². The first-order valence-corrected chi connectivity index (χ1v) is 10.5. The normalized spacial score (nSPS) is 22.2. The number of nitrogens with two attached hydrogens (primary N) is 2. The Kier molecular flexibility index (Phi) is 5.44. The Hall–Kier alpha value is -2.28. The maximum atomic E-state index is 6.47. The zero-order valence-corrected chi connectivity index (χ0v) is 16.9. The van der Waals surface area contributed by atoms with Gasteiger partial charge in [0.2, 0.25) is 11.9 Å². The third kappa shape index (κ3) is 3.55. The van der Waals surface area contributed by atoms with E-state index in [2.05, 4.69) is 26.9 Å². The average Bonchev–Trinajstić information content (AvgIpc) is 3.20. The van der Waals surface area contributed by atoms with E-state index in [0.29, 0.717) is 5.96 Å². The molecule has 1 saturated heterocycles. The lowest BCUT2D eigenvalue weighted by Gasteiger charge is -2.46. The van der Waals surface area contributed by atoms with Crippen LogP contribution < -0.4 is 21.1 Å². The SMILES string of the molecule is COc1cccc(CCN2CCCC2)c1N1C(N)=NC(N)=NC12CCCCC2. The van der Waals surface area contributed by atoms with Crippen LogP contribution in [0.5, 0.6) is 5.75 Å². The van der Waals surface area contributed by atoms with Crippen LogP contribution in [-0.2, 0) is 6.42 Å². The molecule has 2 aliphatic heterocycles. The van der Waals surface area contributed by atoms with Crippen LogP contribution in [0.2, 0.25) is 0 Å². The Morgan fingerprint density at radius 2 is 1.82 bits per heavy atom. The van der Waals surface area contributed by atoms with Crippen molar-refractivity contribution < 1.29 is 4.74 Å². The van der Waals surface area contributed by atoms with Crippen molar-refractivity contribution >= 4 is 17.6 Å². The number of nitrogens with zero attached hydrogens (tertiary/aromatic N) is 4. The maximum absolute atomic E-state index is 6.47. The van der Waals surface area contributed by atoms with Crippen molar-refractivity contribution in [1.82, 2.24) is 4.90 Å². The van der Waals surface area contributed by atoms with Gasteiger partial charge in [0.1, 0.15) is 11.4 Å². The summed E-state index contributed by atoms with van der Waals surface area (Å²) in [6, 6.07) is 6.24. The summed E-state index contributed by atoms with van der Waals surface area (Å²) in [5.74, 6) is 1.52. The molecule has 2 heterocycles. The van der Waals surface area contributed by atoms with Crippen LogP contribution >= 0.6 is 0 Å². The van der Waals surface area contributed by atoms with Gasteiger partial charge in [-0.1, -0.05) is 18.6 Å². The van der Waals surface area contributed by atoms with Crippen LogP contribution in [0.1, 0.15) is 50.5 Å². The fourth-order valence-electron chi connectivity index (χ4n) is 4.92. The molecule has 28 heavy (non-hydrogen) atoms. The summed E-state index contributed by atoms with van der Waals surface area (Å²) in [6.45, 7) is 3.43. The lowest BCUT2D eigenvalue weighted by atomic mass is 9.86. The molecular formula is C21H32N6O. The summed E-state index contributed by atoms with van der Waals surface area (Å²) in [5, 5.41) is 0. The molecule has 4 N–H and O–H groups in total. The monoisotopic (exact) mass is 384 g/mol. The van der Waals surface area contributed by atoms with E-state index in [4.69, 9.17) is 21.2 Å². The van der Waals surface area contributed by atoms with Gasteiger partial charge >= 0.3 is 0 Å². The molecule has 0 radical (unpaired) electrons. The third-order valence-electron chi connectivity index (χ3n) is 6.27. The highest BCUT2D eigenvalue weighted by molar-refractivity contribution is 6.06. The molecule has 7 heteroatoms. The molecular weight excluding hydrogens is 352 g/mol. The summed E-state index contributed by atoms with van der Waals surface area (Å²) in [5.41, 5.74) is 14.3. The number of para-hydroxylation sites is 1. The summed E-state index contributed by atoms with van der Waals surface area (Å²) in [6.07, 6.45) is 8.84. The van der Waals surface area contributed by atoms with E-state index in [1.807, 2.05) is 6.07 Å². The molecule has 2 fully saturated rings. The van der Waals surface area contributed by atoms with Gasteiger partial charge in [0.25, 0.3) is 0 Å². The van der Waals surface area contributed by atoms with E-state index < -0.39 is 5.66 Å². The van der Waals surface area contributed by atoms with Crippen molar-refractivity contribution in [3.8, 4) is 5.75 Å². The van der Waals surface area contributed by atoms with E-state index in [-0.39, 0.29) is 5.96 Å². The molecule has 1 spiro atoms. The molecule has 0 unspecified atom stereocenters.